The van der Waals surface area contributed by atoms with Gasteiger partial charge in [-0.1, -0.05) is 12.1 Å². The molecular formula is C47H53N9O8. The quantitative estimate of drug-likeness (QED) is 0.187. The SMILES string of the molecule is COC(=O)N[C@H](C(=O)N1C(C2=Nc3ccc(-c4ccc5nc(-c6cnc([C@@H]7C[C@H]8C[C@H]8N7C(=O)[C@@H](NC(=O)OC)C7CCOCC7)[nH]6)cnc5c4)cc3C2)C[C@H]2C[C@H]21)C1CCOCC1. The number of hydrogen-bond acceptors (Lipinski definition) is 12. The minimum absolute atomic E-state index is 0.0153. The van der Waals surface area contributed by atoms with Crippen molar-refractivity contribution < 1.29 is 38.1 Å². The number of fused-ring (bicyclic) bond motifs is 4. The molecule has 17 nitrogen and oxygen atoms in total. The number of H-pyrrole nitrogens is 1. The molecule has 11 rings (SSSR count). The summed E-state index contributed by atoms with van der Waals surface area (Å²) in [7, 11) is 2.64. The third kappa shape index (κ3) is 7.55. The van der Waals surface area contributed by atoms with Crippen LogP contribution < -0.4 is 10.6 Å². The fourth-order valence-electron chi connectivity index (χ4n) is 11.2. The van der Waals surface area contributed by atoms with Gasteiger partial charge < -0.3 is 44.4 Å². The lowest BCUT2D eigenvalue weighted by atomic mass is 9.90. The molecule has 334 valence electrons. The van der Waals surface area contributed by atoms with Gasteiger partial charge in [0, 0.05) is 50.6 Å². The summed E-state index contributed by atoms with van der Waals surface area (Å²) in [5, 5.41) is 5.72. The molecule has 0 bridgehead atoms. The van der Waals surface area contributed by atoms with Crippen molar-refractivity contribution in [2.24, 2.45) is 28.7 Å². The van der Waals surface area contributed by atoms with Crippen LogP contribution in [0.5, 0.6) is 0 Å². The average molecular weight is 872 g/mol. The van der Waals surface area contributed by atoms with E-state index in [1.165, 1.54) is 14.2 Å². The highest BCUT2D eigenvalue weighted by molar-refractivity contribution is 6.02. The van der Waals surface area contributed by atoms with Gasteiger partial charge in [-0.25, -0.2) is 19.6 Å². The summed E-state index contributed by atoms with van der Waals surface area (Å²) in [5.41, 5.74) is 7.92. The molecule has 3 N–H and O–H groups in total. The smallest absolute Gasteiger partial charge is 0.407 e. The van der Waals surface area contributed by atoms with Gasteiger partial charge in [0.2, 0.25) is 11.8 Å². The van der Waals surface area contributed by atoms with Crippen molar-refractivity contribution in [1.29, 1.82) is 0 Å². The Morgan fingerprint density at radius 1 is 0.719 bits per heavy atom. The van der Waals surface area contributed by atoms with E-state index >= 15 is 0 Å². The number of nitrogens with zero attached hydrogens (tertiary/aromatic N) is 6. The first kappa shape index (κ1) is 40.8. The number of aromatic amines is 1. The maximum Gasteiger partial charge on any atom is 0.407 e. The number of carbonyl (C=O) groups excluding carboxylic acids is 4. The molecule has 1 unspecified atom stereocenters. The molecule has 17 heteroatoms. The van der Waals surface area contributed by atoms with Crippen LogP contribution in [0, 0.1) is 23.7 Å². The zero-order valence-electron chi connectivity index (χ0n) is 36.0. The van der Waals surface area contributed by atoms with Gasteiger partial charge in [0.1, 0.15) is 23.6 Å². The maximum atomic E-state index is 14.3. The lowest BCUT2D eigenvalue weighted by Crippen LogP contribution is -2.56. The van der Waals surface area contributed by atoms with E-state index in [0.717, 1.165) is 64.8 Å². The van der Waals surface area contributed by atoms with E-state index in [0.29, 0.717) is 87.6 Å². The van der Waals surface area contributed by atoms with Gasteiger partial charge in [0.15, 0.2) is 0 Å². The first-order valence-corrected chi connectivity index (χ1v) is 22.8. The number of piperidine rings is 2. The number of rotatable bonds is 10. The van der Waals surface area contributed by atoms with E-state index in [-0.39, 0.29) is 47.8 Å². The number of alkyl carbamates (subject to hydrolysis) is 2. The lowest BCUT2D eigenvalue weighted by Gasteiger charge is -2.36. The topological polar surface area (TPSA) is 203 Å². The number of likely N-dealkylation sites (tertiary alicyclic amines) is 2. The summed E-state index contributed by atoms with van der Waals surface area (Å²) >= 11 is 0. The normalized spacial score (nSPS) is 26.9. The van der Waals surface area contributed by atoms with E-state index in [1.807, 2.05) is 21.9 Å². The maximum absolute atomic E-state index is 14.3. The Bertz CT molecular complexity index is 2530. The van der Waals surface area contributed by atoms with Crippen molar-refractivity contribution in [3.63, 3.8) is 0 Å². The molecule has 4 aromatic rings. The number of carbonyl (C=O) groups is 4. The highest BCUT2D eigenvalue weighted by atomic mass is 16.5. The van der Waals surface area contributed by atoms with Crippen LogP contribution in [0.4, 0.5) is 15.3 Å². The number of aliphatic imine (C=N–C) groups is 1. The first-order chi connectivity index (χ1) is 31.2. The second-order valence-corrected chi connectivity index (χ2v) is 18.5. The summed E-state index contributed by atoms with van der Waals surface area (Å²) in [5.74, 6) is 1.35. The van der Waals surface area contributed by atoms with Crippen LogP contribution in [-0.2, 0) is 35.0 Å². The molecule has 7 heterocycles. The van der Waals surface area contributed by atoms with Crippen LogP contribution in [-0.4, -0.2) is 130 Å². The van der Waals surface area contributed by atoms with E-state index in [2.05, 4.69) is 39.9 Å². The third-order valence-corrected chi connectivity index (χ3v) is 14.8. The standard InChI is InChI=1S/C47H53N9O8/c1-61-46(59)53-41(24-7-11-63-12-8-24)44(57)55-37-18-29(37)20-39(55)34-17-28-15-26(3-5-31(28)50-34)27-4-6-32-33(16-27)48-22-35(51-32)36-23-49-43(52-36)40-21-30-19-38(30)56(40)45(58)42(54-47(60)62-2)25-9-13-64-14-10-25/h3-6,15-16,22-25,29-30,37-42H,7-14,17-21H2,1-2H3,(H,49,52)(H,53,59)(H,54,60)/t29-,30-,37-,38-,39?,40+,41+,42+/m1/s1. The van der Waals surface area contributed by atoms with Crippen molar-refractivity contribution in [3.8, 4) is 22.5 Å². The average Bonchev–Trinajstić information content (AvgIpc) is 3.95. The molecule has 4 amide bonds. The van der Waals surface area contributed by atoms with Crippen molar-refractivity contribution >= 4 is 46.4 Å². The molecule has 7 aliphatic rings. The van der Waals surface area contributed by atoms with E-state index in [4.69, 9.17) is 38.9 Å². The summed E-state index contributed by atoms with van der Waals surface area (Å²) in [6, 6.07) is 11.0. The minimum Gasteiger partial charge on any atom is -0.453 e. The second kappa shape index (κ2) is 16.6. The van der Waals surface area contributed by atoms with Crippen molar-refractivity contribution in [1.82, 2.24) is 40.4 Å². The molecule has 8 atom stereocenters. The molecule has 0 spiro atoms. The molecule has 2 saturated carbocycles. The van der Waals surface area contributed by atoms with Gasteiger partial charge in [-0.15, -0.1) is 0 Å². The zero-order valence-corrected chi connectivity index (χ0v) is 36.0. The number of aromatic nitrogens is 4. The van der Waals surface area contributed by atoms with Crippen LogP contribution in [0.15, 0.2) is 53.8 Å². The number of ether oxygens (including phenoxy) is 4. The fourth-order valence-corrected chi connectivity index (χ4v) is 11.2. The van der Waals surface area contributed by atoms with Gasteiger partial charge in [-0.05, 0) is 116 Å². The Hall–Kier alpha value is -5.94. The first-order valence-electron chi connectivity index (χ1n) is 22.8. The van der Waals surface area contributed by atoms with Gasteiger partial charge in [0.25, 0.3) is 0 Å². The third-order valence-electron chi connectivity index (χ3n) is 14.8. The molecule has 64 heavy (non-hydrogen) atoms. The predicted octanol–water partition coefficient (Wildman–Crippen LogP) is 5.27. The van der Waals surface area contributed by atoms with Crippen LogP contribution in [0.2, 0.25) is 0 Å². The molecular weight excluding hydrogens is 819 g/mol. The number of amides is 4. The molecule has 4 saturated heterocycles. The summed E-state index contributed by atoms with van der Waals surface area (Å²) in [4.78, 5) is 80.5. The Morgan fingerprint density at radius 2 is 1.31 bits per heavy atom. The van der Waals surface area contributed by atoms with Crippen LogP contribution in [0.1, 0.15) is 68.8 Å². The number of methoxy groups -OCH3 is 2. The number of hydrogen-bond donors (Lipinski definition) is 3. The summed E-state index contributed by atoms with van der Waals surface area (Å²) < 4.78 is 21.0. The van der Waals surface area contributed by atoms with E-state index in [9.17, 15) is 19.2 Å². The molecule has 0 radical (unpaired) electrons. The van der Waals surface area contributed by atoms with Gasteiger partial charge in [-0.3, -0.25) is 19.6 Å². The molecule has 2 aromatic carbocycles. The van der Waals surface area contributed by atoms with Crippen LogP contribution in [0.3, 0.4) is 0 Å². The van der Waals surface area contributed by atoms with Crippen LogP contribution >= 0.6 is 0 Å². The van der Waals surface area contributed by atoms with Crippen molar-refractivity contribution in [3.05, 3.63) is 60.2 Å². The Labute approximate surface area is 370 Å². The van der Waals surface area contributed by atoms with E-state index < -0.39 is 24.3 Å². The van der Waals surface area contributed by atoms with Gasteiger partial charge in [0.05, 0.1) is 61.1 Å². The highest BCUT2D eigenvalue weighted by Gasteiger charge is 2.58. The van der Waals surface area contributed by atoms with E-state index in [1.54, 1.807) is 12.4 Å². The summed E-state index contributed by atoms with van der Waals surface area (Å²) in [6.07, 6.45) is 9.35. The number of nitrogens with one attached hydrogen (secondary N) is 3. The largest absolute Gasteiger partial charge is 0.453 e. The minimum atomic E-state index is -0.697. The molecule has 5 aliphatic heterocycles. The second-order valence-electron chi connectivity index (χ2n) is 18.5. The van der Waals surface area contributed by atoms with Gasteiger partial charge in [-0.2, -0.15) is 0 Å². The molecule has 6 fully saturated rings. The number of imidazole rings is 1. The molecule has 2 aromatic heterocycles. The van der Waals surface area contributed by atoms with Crippen molar-refractivity contribution in [2.75, 3.05) is 40.6 Å². The highest BCUT2D eigenvalue weighted by Crippen LogP contribution is 2.54. The number of benzene rings is 2. The Morgan fingerprint density at radius 3 is 1.95 bits per heavy atom. The summed E-state index contributed by atoms with van der Waals surface area (Å²) in [6.45, 7) is 2.24. The molecule has 2 aliphatic carbocycles. The Balaban J connectivity index is 0.780. The lowest BCUT2D eigenvalue weighted by molar-refractivity contribution is -0.138. The monoisotopic (exact) mass is 871 g/mol. The zero-order chi connectivity index (χ0) is 43.6. The Kier molecular flexibility index (Phi) is 10.6. The fraction of sp³-hybridized carbons (Fsp3) is 0.532. The van der Waals surface area contributed by atoms with Crippen molar-refractivity contribution in [2.45, 2.75) is 94.0 Å². The van der Waals surface area contributed by atoms with Crippen LogP contribution in [0.25, 0.3) is 33.5 Å². The predicted molar refractivity (Wildman–Crippen MR) is 232 cm³/mol. The van der Waals surface area contributed by atoms with Gasteiger partial charge >= 0.3 is 12.2 Å².